The van der Waals surface area contributed by atoms with Gasteiger partial charge in [0.15, 0.2) is 0 Å². The minimum absolute atomic E-state index is 0.254. The Bertz CT molecular complexity index is 535. The zero-order valence-corrected chi connectivity index (χ0v) is 9.29. The molecule has 1 heterocycles. The summed E-state index contributed by atoms with van der Waals surface area (Å²) >= 11 is 0. The number of nitrogens with zero attached hydrogens (tertiary/aromatic N) is 1. The average molecular weight is 216 g/mol. The molecule has 2 aromatic rings. The smallest absolute Gasteiger partial charge is 0.131 e. The lowest BCUT2D eigenvalue weighted by molar-refractivity contribution is 0.631. The predicted molar refractivity (Wildman–Crippen MR) is 63.5 cm³/mol. The fraction of sp³-hybridized carbons (Fsp3) is 0.154. The third-order valence-electron chi connectivity index (χ3n) is 2.56. The zero-order chi connectivity index (χ0) is 11.7. The van der Waals surface area contributed by atoms with Crippen LogP contribution in [0.2, 0.25) is 0 Å². The third kappa shape index (κ3) is 1.89. The molecule has 0 fully saturated rings. The number of pyridine rings is 1. The van der Waals surface area contributed by atoms with Crippen molar-refractivity contribution in [3.8, 4) is 11.1 Å². The molecule has 1 aromatic carbocycles. The lowest BCUT2D eigenvalue weighted by atomic mass is 10.0. The van der Waals surface area contributed by atoms with E-state index in [4.69, 9.17) is 5.73 Å². The number of halogens is 1. The van der Waals surface area contributed by atoms with Crippen LogP contribution in [0, 0.1) is 19.7 Å². The van der Waals surface area contributed by atoms with Crippen molar-refractivity contribution >= 4 is 5.69 Å². The van der Waals surface area contributed by atoms with Gasteiger partial charge in [0.1, 0.15) is 5.82 Å². The maximum atomic E-state index is 13.6. The van der Waals surface area contributed by atoms with E-state index in [0.29, 0.717) is 16.8 Å². The van der Waals surface area contributed by atoms with E-state index in [0.717, 1.165) is 11.3 Å². The zero-order valence-electron chi connectivity index (χ0n) is 9.29. The molecule has 0 atom stereocenters. The van der Waals surface area contributed by atoms with Crippen molar-refractivity contribution in [2.24, 2.45) is 0 Å². The summed E-state index contributed by atoms with van der Waals surface area (Å²) in [7, 11) is 0. The Morgan fingerprint density at radius 3 is 2.62 bits per heavy atom. The highest BCUT2D eigenvalue weighted by molar-refractivity contribution is 5.68. The van der Waals surface area contributed by atoms with Crippen LogP contribution >= 0.6 is 0 Å². The summed E-state index contributed by atoms with van der Waals surface area (Å²) in [5.74, 6) is -0.254. The van der Waals surface area contributed by atoms with Gasteiger partial charge in [-0.25, -0.2) is 4.39 Å². The van der Waals surface area contributed by atoms with Crippen LogP contribution in [0.4, 0.5) is 10.1 Å². The van der Waals surface area contributed by atoms with Gasteiger partial charge in [-0.3, -0.25) is 4.98 Å². The molecule has 0 aliphatic rings. The Balaban J connectivity index is 2.58. The molecule has 0 spiro atoms. The van der Waals surface area contributed by atoms with E-state index in [1.54, 1.807) is 24.4 Å². The highest BCUT2D eigenvalue weighted by Gasteiger charge is 2.07. The van der Waals surface area contributed by atoms with Crippen LogP contribution in [0.15, 0.2) is 30.5 Å². The first-order valence-corrected chi connectivity index (χ1v) is 5.06. The van der Waals surface area contributed by atoms with Gasteiger partial charge in [0.2, 0.25) is 0 Å². The van der Waals surface area contributed by atoms with Crippen LogP contribution in [0.1, 0.15) is 11.3 Å². The Labute approximate surface area is 93.9 Å². The molecule has 0 bridgehead atoms. The molecule has 0 radical (unpaired) electrons. The van der Waals surface area contributed by atoms with Crippen LogP contribution in [0.3, 0.4) is 0 Å². The van der Waals surface area contributed by atoms with Gasteiger partial charge in [0, 0.05) is 17.3 Å². The number of anilines is 1. The van der Waals surface area contributed by atoms with Gasteiger partial charge in [-0.1, -0.05) is 11.6 Å². The molecule has 0 saturated heterocycles. The molecule has 1 aromatic heterocycles. The van der Waals surface area contributed by atoms with Crippen LogP contribution in [0.5, 0.6) is 0 Å². The molecule has 0 aliphatic carbocycles. The molecular formula is C13H13FN2. The molecule has 0 amide bonds. The highest BCUT2D eigenvalue weighted by atomic mass is 19.1. The third-order valence-corrected chi connectivity index (χ3v) is 2.56. The maximum absolute atomic E-state index is 13.6. The van der Waals surface area contributed by atoms with Crippen LogP contribution in [-0.4, -0.2) is 4.98 Å². The lowest BCUT2D eigenvalue weighted by Crippen LogP contribution is -1.94. The van der Waals surface area contributed by atoms with Gasteiger partial charge in [-0.2, -0.15) is 0 Å². The minimum atomic E-state index is -0.254. The second kappa shape index (κ2) is 3.93. The standard InChI is InChI=1S/C13H13FN2/c1-8-3-4-12(14)11(5-8)10-6-13(15)9(2)16-7-10/h3-7H,15H2,1-2H3. The van der Waals surface area contributed by atoms with Gasteiger partial charge in [-0.05, 0) is 32.0 Å². The number of aromatic nitrogens is 1. The summed E-state index contributed by atoms with van der Waals surface area (Å²) in [5, 5.41) is 0. The van der Waals surface area contributed by atoms with E-state index >= 15 is 0 Å². The van der Waals surface area contributed by atoms with E-state index in [2.05, 4.69) is 4.98 Å². The van der Waals surface area contributed by atoms with Gasteiger partial charge >= 0.3 is 0 Å². The molecule has 2 rings (SSSR count). The molecule has 0 aliphatic heterocycles. The number of hydrogen-bond donors (Lipinski definition) is 1. The number of rotatable bonds is 1. The normalized spacial score (nSPS) is 10.4. The van der Waals surface area contributed by atoms with Crippen molar-refractivity contribution in [3.05, 3.63) is 47.5 Å². The van der Waals surface area contributed by atoms with E-state index in [-0.39, 0.29) is 5.82 Å². The first-order chi connectivity index (χ1) is 7.58. The van der Waals surface area contributed by atoms with Crippen LogP contribution in [0.25, 0.3) is 11.1 Å². The fourth-order valence-electron chi connectivity index (χ4n) is 1.56. The molecular weight excluding hydrogens is 203 g/mol. The van der Waals surface area contributed by atoms with E-state index in [1.807, 2.05) is 13.8 Å². The van der Waals surface area contributed by atoms with Gasteiger partial charge in [-0.15, -0.1) is 0 Å². The lowest BCUT2D eigenvalue weighted by Gasteiger charge is -2.06. The number of nitrogen functional groups attached to an aromatic ring is 1. The van der Waals surface area contributed by atoms with Crippen molar-refractivity contribution in [2.45, 2.75) is 13.8 Å². The van der Waals surface area contributed by atoms with Gasteiger partial charge in [0.05, 0.1) is 11.4 Å². The summed E-state index contributed by atoms with van der Waals surface area (Å²) in [4.78, 5) is 4.13. The van der Waals surface area contributed by atoms with E-state index in [1.165, 1.54) is 6.07 Å². The summed E-state index contributed by atoms with van der Waals surface area (Å²) in [6.07, 6.45) is 1.64. The second-order valence-electron chi connectivity index (χ2n) is 3.88. The van der Waals surface area contributed by atoms with E-state index in [9.17, 15) is 4.39 Å². The van der Waals surface area contributed by atoms with Crippen LogP contribution in [-0.2, 0) is 0 Å². The monoisotopic (exact) mass is 216 g/mol. The quantitative estimate of drug-likeness (QED) is 0.795. The van der Waals surface area contributed by atoms with E-state index < -0.39 is 0 Å². The van der Waals surface area contributed by atoms with Crippen molar-refractivity contribution < 1.29 is 4.39 Å². The highest BCUT2D eigenvalue weighted by Crippen LogP contribution is 2.25. The predicted octanol–water partition coefficient (Wildman–Crippen LogP) is 3.09. The van der Waals surface area contributed by atoms with Crippen molar-refractivity contribution in [3.63, 3.8) is 0 Å². The summed E-state index contributed by atoms with van der Waals surface area (Å²) in [6.45, 7) is 3.75. The van der Waals surface area contributed by atoms with Crippen LogP contribution < -0.4 is 5.73 Å². The number of aryl methyl sites for hydroxylation is 2. The Hall–Kier alpha value is -1.90. The molecule has 16 heavy (non-hydrogen) atoms. The van der Waals surface area contributed by atoms with Crippen molar-refractivity contribution in [1.82, 2.24) is 4.98 Å². The minimum Gasteiger partial charge on any atom is -0.397 e. The average Bonchev–Trinajstić information content (AvgIpc) is 2.26. The second-order valence-corrected chi connectivity index (χ2v) is 3.88. The molecule has 2 N–H and O–H groups in total. The first-order valence-electron chi connectivity index (χ1n) is 5.06. The Kier molecular flexibility index (Phi) is 2.60. The molecule has 3 heteroatoms. The fourth-order valence-corrected chi connectivity index (χ4v) is 1.56. The topological polar surface area (TPSA) is 38.9 Å². The molecule has 82 valence electrons. The molecule has 2 nitrogen and oxygen atoms in total. The SMILES string of the molecule is Cc1ccc(F)c(-c2cnc(C)c(N)c2)c1. The number of nitrogens with two attached hydrogens (primary N) is 1. The number of benzene rings is 1. The molecule has 0 unspecified atom stereocenters. The first kappa shape index (κ1) is 10.6. The van der Waals surface area contributed by atoms with Crippen molar-refractivity contribution in [1.29, 1.82) is 0 Å². The number of hydrogen-bond acceptors (Lipinski definition) is 2. The largest absolute Gasteiger partial charge is 0.397 e. The van der Waals surface area contributed by atoms with Crippen molar-refractivity contribution in [2.75, 3.05) is 5.73 Å². The summed E-state index contributed by atoms with van der Waals surface area (Å²) in [6, 6.07) is 6.74. The Morgan fingerprint density at radius 2 is 1.94 bits per heavy atom. The van der Waals surface area contributed by atoms with Gasteiger partial charge < -0.3 is 5.73 Å². The van der Waals surface area contributed by atoms with Gasteiger partial charge in [0.25, 0.3) is 0 Å². The summed E-state index contributed by atoms with van der Waals surface area (Å²) in [5.41, 5.74) is 9.37. The maximum Gasteiger partial charge on any atom is 0.131 e. The summed E-state index contributed by atoms with van der Waals surface area (Å²) < 4.78 is 13.6. The Morgan fingerprint density at radius 1 is 1.19 bits per heavy atom. The molecule has 0 saturated carbocycles.